The van der Waals surface area contributed by atoms with Crippen molar-refractivity contribution in [2.75, 3.05) is 6.61 Å². The lowest BCUT2D eigenvalue weighted by molar-refractivity contribution is -0.651. The molecule has 0 radical (unpaired) electrons. The molecule has 2 aromatic carbocycles. The van der Waals surface area contributed by atoms with Gasteiger partial charge in [0.2, 0.25) is 0 Å². The van der Waals surface area contributed by atoms with E-state index in [0.717, 1.165) is 5.32 Å². The van der Waals surface area contributed by atoms with Crippen LogP contribution in [-0.4, -0.2) is 36.4 Å². The second-order valence-electron chi connectivity index (χ2n) is 5.80. The predicted octanol–water partition coefficient (Wildman–Crippen LogP) is 1.49. The van der Waals surface area contributed by atoms with E-state index >= 15 is 0 Å². The van der Waals surface area contributed by atoms with Gasteiger partial charge in [-0.3, -0.25) is 15.8 Å². The molecule has 2 aromatic rings. The minimum atomic E-state index is -5.98. The summed E-state index contributed by atoms with van der Waals surface area (Å²) in [4.78, 5) is 13.1. The number of ether oxygens (including phenoxy) is 1. The van der Waals surface area contributed by atoms with Gasteiger partial charge < -0.3 is 4.74 Å². The molecule has 0 heterocycles. The van der Waals surface area contributed by atoms with E-state index in [0.29, 0.717) is 0 Å². The molecular weight excluding hydrogens is 404 g/mol. The summed E-state index contributed by atoms with van der Waals surface area (Å²) in [5.41, 5.74) is 0.491. The van der Waals surface area contributed by atoms with Gasteiger partial charge in [0, 0.05) is 0 Å². The highest BCUT2D eigenvalue weighted by molar-refractivity contribution is 5.93. The number of nitrogen functional groups attached to an aromatic ring is 1. The highest BCUT2D eigenvalue weighted by Gasteiger charge is 2.75. The quantitative estimate of drug-likeness (QED) is 0.287. The van der Waals surface area contributed by atoms with E-state index in [1.54, 1.807) is 6.07 Å². The Morgan fingerprint density at radius 2 is 1.38 bits per heavy atom. The summed E-state index contributed by atoms with van der Waals surface area (Å²) in [6.07, 6.45) is -12.0. The van der Waals surface area contributed by atoms with Crippen LogP contribution < -0.4 is 20.8 Å². The van der Waals surface area contributed by atoms with Crippen molar-refractivity contribution < 1.29 is 40.9 Å². The van der Waals surface area contributed by atoms with Crippen LogP contribution in [0.1, 0.15) is 5.56 Å². The lowest BCUT2D eigenvalue weighted by atomic mass is 10.1. The summed E-state index contributed by atoms with van der Waals surface area (Å²) in [5, 5.41) is 0.955. The average Bonchev–Trinajstić information content (AvgIpc) is 2.65. The van der Waals surface area contributed by atoms with Crippen molar-refractivity contribution in [2.24, 2.45) is 5.73 Å². The molecule has 0 atom stereocenters. The van der Waals surface area contributed by atoms with E-state index in [4.69, 9.17) is 10.5 Å². The number of benzene rings is 2. The first-order chi connectivity index (χ1) is 13.5. The van der Waals surface area contributed by atoms with Crippen molar-refractivity contribution in [2.45, 2.75) is 18.0 Å². The molecule has 0 saturated carbocycles. The van der Waals surface area contributed by atoms with Crippen LogP contribution >= 0.6 is 0 Å². The third kappa shape index (κ3) is 5.18. The molecule has 0 fully saturated rings. The topological polar surface area (TPSA) is 78.3 Å². The molecule has 2 rings (SSSR count). The number of carbonyl (C=O) groups is 1. The number of hydrogen-bond acceptors (Lipinski definition) is 2. The van der Waals surface area contributed by atoms with E-state index < -0.39 is 36.4 Å². The second kappa shape index (κ2) is 8.41. The highest BCUT2D eigenvalue weighted by atomic mass is 19.4. The molecule has 4 N–H and O–H groups in total. The van der Waals surface area contributed by atoms with E-state index in [9.17, 15) is 31.1 Å². The first kappa shape index (κ1) is 22.1. The second-order valence-corrected chi connectivity index (χ2v) is 5.80. The standard InChI is InChI=1S/C18H15F6N3O2/c19-17(20,21)16(18(22,23)24,27-15(25)12-7-3-1-4-8-12)26-14(28)11-29-13-9-5-2-6-10-13/h1-10H,11H2,(H2,25,27)(H,26,28)/p+1. The van der Waals surface area contributed by atoms with Gasteiger partial charge in [-0.2, -0.15) is 26.3 Å². The summed E-state index contributed by atoms with van der Waals surface area (Å²) < 4.78 is 86.3. The molecule has 0 aromatic heterocycles. The molecule has 5 nitrogen and oxygen atoms in total. The van der Waals surface area contributed by atoms with Crippen LogP contribution in [0.25, 0.3) is 0 Å². The number of halogens is 6. The van der Waals surface area contributed by atoms with Gasteiger partial charge in [0.1, 0.15) is 5.75 Å². The van der Waals surface area contributed by atoms with Gasteiger partial charge >= 0.3 is 18.0 Å². The van der Waals surface area contributed by atoms with Gasteiger partial charge in [0.15, 0.2) is 6.61 Å². The maximum Gasteiger partial charge on any atom is 0.462 e. The number of carbonyl (C=O) groups excluding carboxylic acids is 1. The third-order valence-corrected chi connectivity index (χ3v) is 3.70. The number of hydrogen-bond donors (Lipinski definition) is 3. The molecule has 0 aliphatic rings. The fraction of sp³-hybridized carbons (Fsp3) is 0.222. The van der Waals surface area contributed by atoms with Crippen molar-refractivity contribution in [3.05, 3.63) is 66.2 Å². The van der Waals surface area contributed by atoms with E-state index in [1.165, 1.54) is 59.6 Å². The molecule has 0 saturated heterocycles. The maximum atomic E-state index is 13.6. The largest absolute Gasteiger partial charge is 0.484 e. The number of nitrogens with one attached hydrogen (secondary N) is 2. The van der Waals surface area contributed by atoms with Crippen molar-refractivity contribution in [1.82, 2.24) is 5.32 Å². The summed E-state index contributed by atoms with van der Waals surface area (Å²) in [6, 6.07) is 14.1. The Labute approximate surface area is 161 Å². The van der Waals surface area contributed by atoms with Crippen molar-refractivity contribution >= 4 is 11.7 Å². The Bertz CT molecular complexity index is 837. The zero-order valence-electron chi connectivity index (χ0n) is 14.6. The molecule has 0 aliphatic carbocycles. The maximum absolute atomic E-state index is 13.6. The molecule has 156 valence electrons. The summed E-state index contributed by atoms with van der Waals surface area (Å²) in [7, 11) is 0. The van der Waals surface area contributed by atoms with Crippen molar-refractivity contribution in [3.63, 3.8) is 0 Å². The normalized spacial score (nSPS) is 13.1. The Morgan fingerprint density at radius 1 is 0.897 bits per heavy atom. The first-order valence-corrected chi connectivity index (χ1v) is 8.04. The third-order valence-electron chi connectivity index (χ3n) is 3.70. The predicted molar refractivity (Wildman–Crippen MR) is 90.6 cm³/mol. The fourth-order valence-corrected chi connectivity index (χ4v) is 2.28. The Kier molecular flexibility index (Phi) is 6.40. The van der Waals surface area contributed by atoms with Gasteiger partial charge in [0.25, 0.3) is 11.7 Å². The molecule has 1 amide bonds. The Balaban J connectivity index is 2.37. The lowest BCUT2D eigenvalue weighted by Crippen LogP contribution is -3.02. The zero-order chi connectivity index (χ0) is 21.7. The molecule has 29 heavy (non-hydrogen) atoms. The van der Waals surface area contributed by atoms with Crippen LogP contribution in [0, 0.1) is 0 Å². The summed E-state index contributed by atoms with van der Waals surface area (Å²) in [6.45, 7) is -1.08. The van der Waals surface area contributed by atoms with E-state index in [1.807, 2.05) is 0 Å². The first-order valence-electron chi connectivity index (χ1n) is 8.04. The Hall–Kier alpha value is -3.24. The highest BCUT2D eigenvalue weighted by Crippen LogP contribution is 2.38. The lowest BCUT2D eigenvalue weighted by Gasteiger charge is -2.32. The summed E-state index contributed by atoms with van der Waals surface area (Å²) >= 11 is 0. The van der Waals surface area contributed by atoms with Gasteiger partial charge in [-0.1, -0.05) is 36.4 Å². The number of nitrogens with two attached hydrogens (primary N) is 1. The molecule has 0 bridgehead atoms. The minimum Gasteiger partial charge on any atom is -0.484 e. The molecular formula is C18H16F6N3O2+. The SMILES string of the molecule is NC(=[NH+]C(NC(=O)COc1ccccc1)(C(F)(F)F)C(F)(F)F)c1ccccc1. The monoisotopic (exact) mass is 420 g/mol. The minimum absolute atomic E-state index is 0.0931. The van der Waals surface area contributed by atoms with Crippen LogP contribution in [0.5, 0.6) is 5.75 Å². The van der Waals surface area contributed by atoms with Crippen LogP contribution in [-0.2, 0) is 4.79 Å². The van der Waals surface area contributed by atoms with Gasteiger partial charge in [-0.25, -0.2) is 4.99 Å². The number of alkyl halides is 6. The van der Waals surface area contributed by atoms with Crippen molar-refractivity contribution in [3.8, 4) is 5.75 Å². The van der Waals surface area contributed by atoms with Crippen LogP contribution in [0.4, 0.5) is 26.3 Å². The molecule has 0 aliphatic heterocycles. The van der Waals surface area contributed by atoms with Gasteiger partial charge in [-0.05, 0) is 24.3 Å². The van der Waals surface area contributed by atoms with Crippen molar-refractivity contribution in [1.29, 1.82) is 0 Å². The average molecular weight is 420 g/mol. The van der Waals surface area contributed by atoms with Crippen LogP contribution in [0.2, 0.25) is 0 Å². The molecule has 0 unspecified atom stereocenters. The Morgan fingerprint density at radius 3 is 1.86 bits per heavy atom. The van der Waals surface area contributed by atoms with E-state index in [2.05, 4.69) is 0 Å². The van der Waals surface area contributed by atoms with E-state index in [-0.39, 0.29) is 11.3 Å². The van der Waals surface area contributed by atoms with Gasteiger partial charge in [0.05, 0.1) is 5.56 Å². The molecule has 0 spiro atoms. The van der Waals surface area contributed by atoms with Crippen LogP contribution in [0.15, 0.2) is 60.7 Å². The zero-order valence-corrected chi connectivity index (χ0v) is 14.6. The summed E-state index contributed by atoms with van der Waals surface area (Å²) in [5.74, 6) is -2.49. The number of rotatable bonds is 6. The smallest absolute Gasteiger partial charge is 0.462 e. The van der Waals surface area contributed by atoms with Gasteiger partial charge in [-0.15, -0.1) is 0 Å². The van der Waals surface area contributed by atoms with Crippen LogP contribution in [0.3, 0.4) is 0 Å². The number of amidine groups is 1. The molecule has 11 heteroatoms. The fourth-order valence-electron chi connectivity index (χ4n) is 2.28. The number of para-hydroxylation sites is 1. The number of amides is 1.